The topological polar surface area (TPSA) is 122 Å². The van der Waals surface area contributed by atoms with E-state index in [4.69, 9.17) is 4.74 Å². The zero-order valence-electron chi connectivity index (χ0n) is 17.5. The van der Waals surface area contributed by atoms with E-state index in [1.54, 1.807) is 18.7 Å². The van der Waals surface area contributed by atoms with Crippen molar-refractivity contribution in [2.24, 2.45) is 0 Å². The predicted molar refractivity (Wildman–Crippen MR) is 108 cm³/mol. The van der Waals surface area contributed by atoms with Crippen LogP contribution in [0, 0.1) is 0 Å². The molecule has 3 rings (SSSR count). The summed E-state index contributed by atoms with van der Waals surface area (Å²) in [5.74, 6) is -0.854. The number of likely N-dealkylation sites (tertiary alicyclic amines) is 1. The predicted octanol–water partition coefficient (Wildman–Crippen LogP) is 0.295. The van der Waals surface area contributed by atoms with Crippen molar-refractivity contribution >= 4 is 27.6 Å². The Morgan fingerprint density at radius 3 is 2.23 bits per heavy atom. The monoisotopic (exact) mass is 437 g/mol. The van der Waals surface area contributed by atoms with E-state index in [0.29, 0.717) is 31.5 Å². The van der Waals surface area contributed by atoms with Crippen molar-refractivity contribution < 1.29 is 27.5 Å². The molecular formula is C20H27N3O6S. The Labute approximate surface area is 176 Å². The summed E-state index contributed by atoms with van der Waals surface area (Å²) >= 11 is 0. The zero-order valence-corrected chi connectivity index (χ0v) is 18.3. The van der Waals surface area contributed by atoms with Gasteiger partial charge >= 0.3 is 0 Å². The highest BCUT2D eigenvalue weighted by molar-refractivity contribution is 7.90. The first-order chi connectivity index (χ1) is 13.9. The van der Waals surface area contributed by atoms with Crippen LogP contribution in [0.1, 0.15) is 39.2 Å². The molecular weight excluding hydrogens is 410 g/mol. The van der Waals surface area contributed by atoms with Gasteiger partial charge in [0.15, 0.2) is 9.84 Å². The third kappa shape index (κ3) is 4.20. The minimum absolute atomic E-state index is 0.132. The number of amides is 3. The summed E-state index contributed by atoms with van der Waals surface area (Å²) in [5, 5.41) is 5.60. The molecule has 164 valence electrons. The molecule has 2 unspecified atom stereocenters. The molecule has 2 aliphatic heterocycles. The zero-order chi connectivity index (χ0) is 22.3. The minimum atomic E-state index is -3.38. The first-order valence-corrected chi connectivity index (χ1v) is 11.6. The Hall–Kier alpha value is -2.46. The number of hydrogen-bond donors (Lipinski definition) is 2. The third-order valence-corrected chi connectivity index (χ3v) is 6.82. The van der Waals surface area contributed by atoms with Gasteiger partial charge in [-0.15, -0.1) is 0 Å². The Bertz CT molecular complexity index is 967. The average Bonchev–Trinajstić information content (AvgIpc) is 2.93. The van der Waals surface area contributed by atoms with Gasteiger partial charge in [0, 0.05) is 39.1 Å². The number of carbonyl (C=O) groups excluding carboxylic acids is 3. The number of carbonyl (C=O) groups is 3. The molecule has 1 aromatic rings. The summed E-state index contributed by atoms with van der Waals surface area (Å²) in [6, 6.07) is 5.92. The SMILES string of the molecule is CC(=O)NC(C)(C(=O)N1CCC2(CC1)NC(=O)C(C)O2)c1ccc(S(C)(=O)=O)cc1. The minimum Gasteiger partial charge on any atom is -0.343 e. The van der Waals surface area contributed by atoms with Crippen LogP contribution >= 0.6 is 0 Å². The van der Waals surface area contributed by atoms with E-state index in [2.05, 4.69) is 10.6 Å². The van der Waals surface area contributed by atoms with Crippen molar-refractivity contribution in [3.05, 3.63) is 29.8 Å². The smallest absolute Gasteiger partial charge is 0.252 e. The second-order valence-corrected chi connectivity index (χ2v) is 10.2. The summed E-state index contributed by atoms with van der Waals surface area (Å²) in [5.41, 5.74) is -1.64. The lowest BCUT2D eigenvalue weighted by atomic mass is 9.88. The first kappa shape index (κ1) is 22.2. The first-order valence-electron chi connectivity index (χ1n) is 9.75. The van der Waals surface area contributed by atoms with Crippen molar-refractivity contribution in [1.29, 1.82) is 0 Å². The molecule has 2 atom stereocenters. The van der Waals surface area contributed by atoms with Gasteiger partial charge in [-0.3, -0.25) is 14.4 Å². The second-order valence-electron chi connectivity index (χ2n) is 8.14. The van der Waals surface area contributed by atoms with E-state index in [1.165, 1.54) is 31.2 Å². The van der Waals surface area contributed by atoms with E-state index in [-0.39, 0.29) is 22.6 Å². The van der Waals surface area contributed by atoms with Gasteiger partial charge in [0.1, 0.15) is 17.4 Å². The lowest BCUT2D eigenvalue weighted by Crippen LogP contribution is -2.59. The molecule has 9 nitrogen and oxygen atoms in total. The lowest BCUT2D eigenvalue weighted by molar-refractivity contribution is -0.147. The maximum atomic E-state index is 13.4. The number of ether oxygens (including phenoxy) is 1. The van der Waals surface area contributed by atoms with Crippen LogP contribution in [-0.2, 0) is 34.5 Å². The number of benzene rings is 1. The fourth-order valence-corrected chi connectivity index (χ4v) is 4.64. The van der Waals surface area contributed by atoms with Crippen LogP contribution < -0.4 is 10.6 Å². The van der Waals surface area contributed by atoms with Gasteiger partial charge in [-0.25, -0.2) is 8.42 Å². The fraction of sp³-hybridized carbons (Fsp3) is 0.550. The van der Waals surface area contributed by atoms with Crippen LogP contribution in [0.2, 0.25) is 0 Å². The van der Waals surface area contributed by atoms with E-state index in [0.717, 1.165) is 6.26 Å². The van der Waals surface area contributed by atoms with Crippen LogP contribution in [0.5, 0.6) is 0 Å². The van der Waals surface area contributed by atoms with Crippen molar-refractivity contribution in [2.75, 3.05) is 19.3 Å². The Morgan fingerprint density at radius 1 is 1.23 bits per heavy atom. The number of rotatable bonds is 4. The summed E-state index contributed by atoms with van der Waals surface area (Å²) in [7, 11) is -3.38. The maximum absolute atomic E-state index is 13.4. The van der Waals surface area contributed by atoms with E-state index >= 15 is 0 Å². The van der Waals surface area contributed by atoms with Crippen LogP contribution in [0.15, 0.2) is 29.2 Å². The highest BCUT2D eigenvalue weighted by Gasteiger charge is 2.48. The highest BCUT2D eigenvalue weighted by atomic mass is 32.2. The second kappa shape index (κ2) is 7.66. The van der Waals surface area contributed by atoms with Crippen LogP contribution in [0.3, 0.4) is 0 Å². The largest absolute Gasteiger partial charge is 0.343 e. The molecule has 1 aromatic carbocycles. The molecule has 2 N–H and O–H groups in total. The van der Waals surface area contributed by atoms with Gasteiger partial charge in [-0.1, -0.05) is 12.1 Å². The summed E-state index contributed by atoms with van der Waals surface area (Å²) in [6.45, 7) is 5.32. The molecule has 0 bridgehead atoms. The Morgan fingerprint density at radius 2 is 1.80 bits per heavy atom. The quantitative estimate of drug-likeness (QED) is 0.699. The molecule has 0 aromatic heterocycles. The van der Waals surface area contributed by atoms with E-state index in [1.807, 2.05) is 0 Å². The Kier molecular flexibility index (Phi) is 5.68. The normalized spacial score (nSPS) is 23.0. The highest BCUT2D eigenvalue weighted by Crippen LogP contribution is 2.32. The molecule has 0 aliphatic carbocycles. The van der Waals surface area contributed by atoms with Crippen molar-refractivity contribution in [3.8, 4) is 0 Å². The Balaban J connectivity index is 1.82. The summed E-state index contributed by atoms with van der Waals surface area (Å²) in [4.78, 5) is 38.9. The van der Waals surface area contributed by atoms with E-state index < -0.39 is 27.2 Å². The van der Waals surface area contributed by atoms with E-state index in [9.17, 15) is 22.8 Å². The number of sulfone groups is 1. The summed E-state index contributed by atoms with van der Waals surface area (Å²) < 4.78 is 29.3. The van der Waals surface area contributed by atoms with Crippen molar-refractivity contribution in [1.82, 2.24) is 15.5 Å². The van der Waals surface area contributed by atoms with Crippen LogP contribution in [0.4, 0.5) is 0 Å². The van der Waals surface area contributed by atoms with Gasteiger partial charge in [0.05, 0.1) is 4.90 Å². The van der Waals surface area contributed by atoms with Gasteiger partial charge < -0.3 is 20.3 Å². The molecule has 2 aliphatic rings. The van der Waals surface area contributed by atoms with Gasteiger partial charge in [0.25, 0.3) is 11.8 Å². The van der Waals surface area contributed by atoms with Gasteiger partial charge in [-0.05, 0) is 31.5 Å². The molecule has 3 amide bonds. The maximum Gasteiger partial charge on any atom is 0.252 e. The molecule has 30 heavy (non-hydrogen) atoms. The third-order valence-electron chi connectivity index (χ3n) is 5.69. The number of piperidine rings is 1. The molecule has 0 radical (unpaired) electrons. The van der Waals surface area contributed by atoms with Crippen LogP contribution in [0.25, 0.3) is 0 Å². The fourth-order valence-electron chi connectivity index (χ4n) is 4.01. The summed E-state index contributed by atoms with van der Waals surface area (Å²) in [6.07, 6.45) is 1.47. The molecule has 2 fully saturated rings. The molecule has 2 saturated heterocycles. The van der Waals surface area contributed by atoms with Gasteiger partial charge in [0.2, 0.25) is 5.91 Å². The van der Waals surface area contributed by atoms with Crippen LogP contribution in [-0.4, -0.2) is 62.2 Å². The number of nitrogens with one attached hydrogen (secondary N) is 2. The number of hydrogen-bond acceptors (Lipinski definition) is 6. The average molecular weight is 438 g/mol. The molecule has 1 spiro atoms. The van der Waals surface area contributed by atoms with Crippen molar-refractivity contribution in [3.63, 3.8) is 0 Å². The van der Waals surface area contributed by atoms with Crippen molar-refractivity contribution in [2.45, 2.75) is 55.9 Å². The molecule has 0 saturated carbocycles. The molecule has 2 heterocycles. The standard InChI is InChI=1S/C20H27N3O6S/c1-13-17(25)22-20(29-13)9-11-23(12-10-20)18(26)19(3,21-14(2)24)15-5-7-16(8-6-15)30(4,27)28/h5-8,13H,9-12H2,1-4H3,(H,21,24)(H,22,25). The van der Waals surface area contributed by atoms with Gasteiger partial charge in [-0.2, -0.15) is 0 Å². The lowest BCUT2D eigenvalue weighted by Gasteiger charge is -2.42. The number of nitrogens with zero attached hydrogens (tertiary/aromatic N) is 1. The molecule has 10 heteroatoms.